The van der Waals surface area contributed by atoms with Crippen LogP contribution in [0.15, 0.2) is 47.5 Å². The van der Waals surface area contributed by atoms with Crippen molar-refractivity contribution in [2.45, 2.75) is 13.5 Å². The van der Waals surface area contributed by atoms with Crippen molar-refractivity contribution in [3.05, 3.63) is 48.0 Å². The number of piperazine rings is 1. The summed E-state index contributed by atoms with van der Waals surface area (Å²) in [5.41, 5.74) is 2.19. The zero-order valence-corrected chi connectivity index (χ0v) is 21.1. The Labute approximate surface area is 202 Å². The Morgan fingerprint density at radius 3 is 2.35 bits per heavy atom. The normalized spacial score (nSPS) is 14.0. The molecule has 0 aromatic heterocycles. The summed E-state index contributed by atoms with van der Waals surface area (Å²) in [6, 6.07) is 14.1. The van der Waals surface area contributed by atoms with Crippen LogP contribution in [0, 0.1) is 0 Å². The van der Waals surface area contributed by atoms with Gasteiger partial charge in [-0.15, -0.1) is 24.0 Å². The number of nitrogens with one attached hydrogen (secondary N) is 1. The molecule has 170 valence electrons. The van der Waals surface area contributed by atoms with Crippen molar-refractivity contribution < 1.29 is 14.2 Å². The fraction of sp³-hybridized carbons (Fsp3) is 0.435. The Morgan fingerprint density at radius 2 is 1.71 bits per heavy atom. The molecule has 1 heterocycles. The molecule has 1 N–H and O–H groups in total. The Bertz CT molecular complexity index is 854. The molecule has 0 bridgehead atoms. The molecule has 8 heteroatoms. The second kappa shape index (κ2) is 12.5. The highest BCUT2D eigenvalue weighted by molar-refractivity contribution is 14.0. The van der Waals surface area contributed by atoms with Gasteiger partial charge in [0.25, 0.3) is 0 Å². The molecular formula is C23H33IN4O3. The predicted molar refractivity (Wildman–Crippen MR) is 137 cm³/mol. The van der Waals surface area contributed by atoms with E-state index in [0.29, 0.717) is 6.54 Å². The second-order valence-corrected chi connectivity index (χ2v) is 7.00. The van der Waals surface area contributed by atoms with E-state index in [-0.39, 0.29) is 24.0 Å². The van der Waals surface area contributed by atoms with Gasteiger partial charge in [0.15, 0.2) is 17.5 Å². The number of rotatable bonds is 7. The van der Waals surface area contributed by atoms with E-state index in [0.717, 1.165) is 61.5 Å². The van der Waals surface area contributed by atoms with Crippen LogP contribution >= 0.6 is 24.0 Å². The fourth-order valence-electron chi connectivity index (χ4n) is 3.65. The summed E-state index contributed by atoms with van der Waals surface area (Å²) in [6.07, 6.45) is 0. The average Bonchev–Trinajstić information content (AvgIpc) is 2.81. The average molecular weight is 540 g/mol. The van der Waals surface area contributed by atoms with Gasteiger partial charge in [-0.2, -0.15) is 0 Å². The summed E-state index contributed by atoms with van der Waals surface area (Å²) in [5, 5.41) is 3.43. The molecule has 31 heavy (non-hydrogen) atoms. The van der Waals surface area contributed by atoms with Gasteiger partial charge in [-0.05, 0) is 25.1 Å². The third kappa shape index (κ3) is 6.32. The zero-order valence-electron chi connectivity index (χ0n) is 18.8. The Kier molecular flexibility index (Phi) is 10.0. The van der Waals surface area contributed by atoms with Crippen LogP contribution in [0.4, 0.5) is 5.69 Å². The molecule has 0 radical (unpaired) electrons. The van der Waals surface area contributed by atoms with Gasteiger partial charge in [0.1, 0.15) is 5.75 Å². The van der Waals surface area contributed by atoms with Crippen LogP contribution in [0.25, 0.3) is 0 Å². The number of methoxy groups -OCH3 is 3. The van der Waals surface area contributed by atoms with E-state index >= 15 is 0 Å². The molecule has 1 saturated heterocycles. The molecule has 7 nitrogen and oxygen atoms in total. The summed E-state index contributed by atoms with van der Waals surface area (Å²) in [4.78, 5) is 9.57. The molecule has 3 rings (SSSR count). The van der Waals surface area contributed by atoms with Crippen LogP contribution in [0.2, 0.25) is 0 Å². The highest BCUT2D eigenvalue weighted by atomic mass is 127. The van der Waals surface area contributed by atoms with Gasteiger partial charge in [0, 0.05) is 50.0 Å². The minimum absolute atomic E-state index is 0. The highest BCUT2D eigenvalue weighted by Gasteiger charge is 2.20. The van der Waals surface area contributed by atoms with Gasteiger partial charge in [-0.1, -0.05) is 18.2 Å². The van der Waals surface area contributed by atoms with E-state index < -0.39 is 0 Å². The van der Waals surface area contributed by atoms with Crippen molar-refractivity contribution in [1.29, 1.82) is 0 Å². The summed E-state index contributed by atoms with van der Waals surface area (Å²) in [5.74, 6) is 3.27. The molecular weight excluding hydrogens is 507 g/mol. The Morgan fingerprint density at radius 1 is 0.968 bits per heavy atom. The first-order valence-electron chi connectivity index (χ1n) is 10.3. The van der Waals surface area contributed by atoms with E-state index in [9.17, 15) is 0 Å². The molecule has 0 amide bonds. The Balaban J connectivity index is 0.00000341. The number of anilines is 1. The molecule has 0 unspecified atom stereocenters. The molecule has 2 aromatic rings. The molecule has 0 atom stereocenters. The first kappa shape index (κ1) is 24.9. The van der Waals surface area contributed by atoms with Crippen LogP contribution in [0.1, 0.15) is 12.5 Å². The largest absolute Gasteiger partial charge is 0.497 e. The van der Waals surface area contributed by atoms with Gasteiger partial charge in [0.2, 0.25) is 0 Å². The van der Waals surface area contributed by atoms with Crippen LogP contribution in [0.5, 0.6) is 17.2 Å². The van der Waals surface area contributed by atoms with Crippen molar-refractivity contribution in [1.82, 2.24) is 10.2 Å². The Hall–Kier alpha value is -2.36. The minimum atomic E-state index is 0. The summed E-state index contributed by atoms with van der Waals surface area (Å²) < 4.78 is 16.3. The third-order valence-electron chi connectivity index (χ3n) is 5.22. The van der Waals surface area contributed by atoms with Crippen molar-refractivity contribution in [3.8, 4) is 17.2 Å². The third-order valence-corrected chi connectivity index (χ3v) is 5.22. The number of hydrogen-bond acceptors (Lipinski definition) is 5. The standard InChI is InChI=1S/C23H32N4O3.HI/c1-5-24-23(25-17-18-8-6-11-21(29-3)22(18)30-4)27-14-12-26(13-15-27)19-9-7-10-20(16-19)28-2;/h6-11,16H,5,12-15,17H2,1-4H3,(H,24,25);1H. The first-order valence-corrected chi connectivity index (χ1v) is 10.3. The van der Waals surface area contributed by atoms with Crippen molar-refractivity contribution in [2.75, 3.05) is 59.0 Å². The van der Waals surface area contributed by atoms with Gasteiger partial charge < -0.3 is 29.3 Å². The van der Waals surface area contributed by atoms with Gasteiger partial charge >= 0.3 is 0 Å². The number of halogens is 1. The van der Waals surface area contributed by atoms with Gasteiger partial charge in [0.05, 0.1) is 27.9 Å². The van der Waals surface area contributed by atoms with Crippen LogP contribution in [0.3, 0.4) is 0 Å². The van der Waals surface area contributed by atoms with Gasteiger partial charge in [-0.3, -0.25) is 0 Å². The molecule has 0 spiro atoms. The van der Waals surface area contributed by atoms with Crippen molar-refractivity contribution >= 4 is 35.6 Å². The SMILES string of the molecule is CCNC(=NCc1cccc(OC)c1OC)N1CCN(c2cccc(OC)c2)CC1.I. The summed E-state index contributed by atoms with van der Waals surface area (Å²) in [7, 11) is 5.01. The lowest BCUT2D eigenvalue weighted by Crippen LogP contribution is -2.52. The molecule has 1 fully saturated rings. The first-order chi connectivity index (χ1) is 14.7. The lowest BCUT2D eigenvalue weighted by molar-refractivity contribution is 0.351. The maximum atomic E-state index is 5.54. The van der Waals surface area contributed by atoms with Gasteiger partial charge in [-0.25, -0.2) is 4.99 Å². The van der Waals surface area contributed by atoms with Crippen molar-refractivity contribution in [2.24, 2.45) is 4.99 Å². The monoisotopic (exact) mass is 540 g/mol. The number of hydrogen-bond donors (Lipinski definition) is 1. The summed E-state index contributed by atoms with van der Waals surface area (Å²) in [6.45, 7) is 7.10. The quantitative estimate of drug-likeness (QED) is 0.329. The lowest BCUT2D eigenvalue weighted by Gasteiger charge is -2.37. The number of nitrogens with zero attached hydrogens (tertiary/aromatic N) is 3. The van der Waals surface area contributed by atoms with E-state index in [2.05, 4.69) is 34.2 Å². The predicted octanol–water partition coefficient (Wildman–Crippen LogP) is 3.62. The van der Waals surface area contributed by atoms with Crippen LogP contribution in [-0.2, 0) is 6.54 Å². The van der Waals surface area contributed by atoms with Crippen LogP contribution in [-0.4, -0.2) is 64.9 Å². The maximum Gasteiger partial charge on any atom is 0.194 e. The second-order valence-electron chi connectivity index (χ2n) is 7.00. The highest BCUT2D eigenvalue weighted by Crippen LogP contribution is 2.31. The number of benzene rings is 2. The number of para-hydroxylation sites is 1. The summed E-state index contributed by atoms with van der Waals surface area (Å²) >= 11 is 0. The number of aliphatic imine (C=N–C) groups is 1. The van der Waals surface area contributed by atoms with Crippen molar-refractivity contribution in [3.63, 3.8) is 0 Å². The molecule has 0 saturated carbocycles. The minimum Gasteiger partial charge on any atom is -0.497 e. The van der Waals surface area contributed by atoms with E-state index in [1.54, 1.807) is 21.3 Å². The number of guanidine groups is 1. The number of ether oxygens (including phenoxy) is 3. The lowest BCUT2D eigenvalue weighted by atomic mass is 10.2. The van der Waals surface area contributed by atoms with E-state index in [4.69, 9.17) is 19.2 Å². The topological polar surface area (TPSA) is 58.6 Å². The fourth-order valence-corrected chi connectivity index (χ4v) is 3.65. The molecule has 1 aliphatic rings. The van der Waals surface area contributed by atoms with Crippen LogP contribution < -0.4 is 24.4 Å². The zero-order chi connectivity index (χ0) is 21.3. The maximum absolute atomic E-state index is 5.54. The van der Waals surface area contributed by atoms with E-state index in [1.165, 1.54) is 5.69 Å². The molecule has 0 aliphatic carbocycles. The molecule has 1 aliphatic heterocycles. The van der Waals surface area contributed by atoms with E-state index in [1.807, 2.05) is 30.3 Å². The molecule has 2 aromatic carbocycles. The smallest absolute Gasteiger partial charge is 0.194 e.